The number of carbonyl (C=O) groups excluding carboxylic acids is 2. The van der Waals surface area contributed by atoms with Crippen molar-refractivity contribution in [3.8, 4) is 0 Å². The molecule has 4 heterocycles. The molecule has 34 heavy (non-hydrogen) atoms. The molecule has 0 saturated heterocycles. The molecule has 0 atom stereocenters. The van der Waals surface area contributed by atoms with Crippen molar-refractivity contribution in [2.45, 2.75) is 45.7 Å². The molecule has 0 aromatic carbocycles. The summed E-state index contributed by atoms with van der Waals surface area (Å²) in [5.74, 6) is -0.350. The fourth-order valence-corrected chi connectivity index (χ4v) is 3.62. The van der Waals surface area contributed by atoms with Crippen LogP contribution in [0.5, 0.6) is 0 Å². The third-order valence-corrected chi connectivity index (χ3v) is 5.63. The Bertz CT molecular complexity index is 1350. The number of pyridine rings is 2. The van der Waals surface area contributed by atoms with E-state index in [-0.39, 0.29) is 30.8 Å². The minimum absolute atomic E-state index is 0.00665. The second kappa shape index (κ2) is 9.14. The van der Waals surface area contributed by atoms with Crippen LogP contribution in [0, 0.1) is 0 Å². The molecule has 10 nitrogen and oxygen atoms in total. The number of aliphatic hydroxyl groups is 1. The molecule has 0 bridgehead atoms. The monoisotopic (exact) mass is 461 g/mol. The zero-order valence-electron chi connectivity index (χ0n) is 19.6. The summed E-state index contributed by atoms with van der Waals surface area (Å²) in [6, 6.07) is 3.40. The molecular weight excluding hydrogens is 434 g/mol. The molecule has 1 amide bonds. The normalized spacial score (nSPS) is 11.8. The summed E-state index contributed by atoms with van der Waals surface area (Å²) in [5.41, 5.74) is 2.16. The molecular formula is C24H27N7O3. The molecule has 0 fully saturated rings. The number of nitrogens with one attached hydrogen (secondary N) is 1. The van der Waals surface area contributed by atoms with Gasteiger partial charge in [0.1, 0.15) is 6.54 Å². The first kappa shape index (κ1) is 23.2. The Morgan fingerprint density at radius 1 is 1.15 bits per heavy atom. The summed E-state index contributed by atoms with van der Waals surface area (Å²) < 4.78 is 3.34. The highest BCUT2D eigenvalue weighted by Gasteiger charge is 2.25. The van der Waals surface area contributed by atoms with Crippen LogP contribution < -0.4 is 5.32 Å². The fraction of sp³-hybridized carbons (Fsp3) is 0.333. The van der Waals surface area contributed by atoms with Crippen molar-refractivity contribution in [1.82, 2.24) is 29.5 Å². The Morgan fingerprint density at radius 2 is 1.94 bits per heavy atom. The number of fused-ring (bicyclic) bond motifs is 1. The van der Waals surface area contributed by atoms with Crippen LogP contribution in [0.3, 0.4) is 0 Å². The maximum absolute atomic E-state index is 13.4. The van der Waals surface area contributed by atoms with E-state index in [0.717, 1.165) is 11.2 Å². The number of hydrogen-bond donors (Lipinski definition) is 2. The van der Waals surface area contributed by atoms with Gasteiger partial charge in [0.2, 0.25) is 5.91 Å². The lowest BCUT2D eigenvalue weighted by Crippen LogP contribution is -2.29. The van der Waals surface area contributed by atoms with Gasteiger partial charge in [0.25, 0.3) is 0 Å². The average Bonchev–Trinajstić information content (AvgIpc) is 3.44. The molecule has 4 aromatic rings. The zero-order valence-corrected chi connectivity index (χ0v) is 19.6. The topological polar surface area (TPSA) is 128 Å². The number of hydrogen-bond acceptors (Lipinski definition) is 7. The Hall–Kier alpha value is -3.92. The lowest BCUT2D eigenvalue weighted by atomic mass is 10.0. The van der Waals surface area contributed by atoms with Crippen LogP contribution in [0.2, 0.25) is 0 Å². The number of aliphatic hydroxyl groups excluding tert-OH is 1. The molecule has 176 valence electrons. The van der Waals surface area contributed by atoms with E-state index in [4.69, 9.17) is 0 Å². The SMILES string of the molecule is CC(C)c1cn(CC(=O)Nc2cncc(C(=O)c3cn(C(C)(C)CO)c4ccncc34)c2)nn1. The number of ketones is 1. The highest BCUT2D eigenvalue weighted by molar-refractivity contribution is 6.16. The van der Waals surface area contributed by atoms with E-state index < -0.39 is 5.54 Å². The Balaban J connectivity index is 1.58. The maximum atomic E-state index is 13.4. The Labute approximate surface area is 196 Å². The summed E-state index contributed by atoms with van der Waals surface area (Å²) in [4.78, 5) is 34.2. The zero-order chi connectivity index (χ0) is 24.5. The summed E-state index contributed by atoms with van der Waals surface area (Å²) in [5, 5.41) is 21.3. The summed E-state index contributed by atoms with van der Waals surface area (Å²) >= 11 is 0. The van der Waals surface area contributed by atoms with Crippen LogP contribution in [-0.2, 0) is 16.9 Å². The maximum Gasteiger partial charge on any atom is 0.246 e. The van der Waals surface area contributed by atoms with Crippen LogP contribution in [0.4, 0.5) is 5.69 Å². The van der Waals surface area contributed by atoms with E-state index in [0.29, 0.717) is 22.2 Å². The third-order valence-electron chi connectivity index (χ3n) is 5.63. The molecule has 2 N–H and O–H groups in total. The molecule has 0 spiro atoms. The number of amides is 1. The smallest absolute Gasteiger partial charge is 0.246 e. The summed E-state index contributed by atoms with van der Waals surface area (Å²) in [7, 11) is 0. The van der Waals surface area contributed by atoms with Gasteiger partial charge in [-0.2, -0.15) is 0 Å². The summed E-state index contributed by atoms with van der Waals surface area (Å²) in [6.45, 7) is 7.67. The summed E-state index contributed by atoms with van der Waals surface area (Å²) in [6.07, 6.45) is 9.69. The van der Waals surface area contributed by atoms with Crippen LogP contribution in [0.1, 0.15) is 55.2 Å². The third kappa shape index (κ3) is 4.58. The number of aromatic nitrogens is 6. The standard InChI is InChI=1S/C24H27N7O3/c1-15(2)20-12-30(29-28-20)13-22(33)27-17-7-16(8-26-9-17)23(34)19-11-31(24(3,4)14-32)21-5-6-25-10-18(19)21/h5-12,15,32H,13-14H2,1-4H3,(H,27,33). The van der Waals surface area contributed by atoms with Crippen LogP contribution in [0.15, 0.2) is 49.3 Å². The van der Waals surface area contributed by atoms with Crippen LogP contribution in [-0.4, -0.2) is 52.9 Å². The van der Waals surface area contributed by atoms with Crippen LogP contribution in [0.25, 0.3) is 10.9 Å². The first-order chi connectivity index (χ1) is 16.2. The molecule has 0 aliphatic rings. The van der Waals surface area contributed by atoms with E-state index in [9.17, 15) is 14.7 Å². The van der Waals surface area contributed by atoms with Crippen LogP contribution >= 0.6 is 0 Å². The largest absolute Gasteiger partial charge is 0.394 e. The van der Waals surface area contributed by atoms with Gasteiger partial charge in [-0.25, -0.2) is 4.68 Å². The molecule has 0 unspecified atom stereocenters. The Morgan fingerprint density at radius 3 is 2.65 bits per heavy atom. The van der Waals surface area contributed by atoms with Crippen molar-refractivity contribution in [3.63, 3.8) is 0 Å². The van der Waals surface area contributed by atoms with Crippen molar-refractivity contribution in [3.05, 3.63) is 66.1 Å². The van der Waals surface area contributed by atoms with Gasteiger partial charge in [0.15, 0.2) is 5.78 Å². The van der Waals surface area contributed by atoms with Gasteiger partial charge in [0.05, 0.1) is 35.2 Å². The van der Waals surface area contributed by atoms with Crippen molar-refractivity contribution in [2.24, 2.45) is 0 Å². The minimum atomic E-state index is -0.608. The molecule has 4 rings (SSSR count). The average molecular weight is 462 g/mol. The first-order valence-electron chi connectivity index (χ1n) is 11.0. The number of carbonyl (C=O) groups is 2. The van der Waals surface area contributed by atoms with E-state index in [2.05, 4.69) is 25.6 Å². The quantitative estimate of drug-likeness (QED) is 0.386. The molecule has 0 radical (unpaired) electrons. The number of rotatable bonds is 8. The second-order valence-electron chi connectivity index (χ2n) is 9.11. The van der Waals surface area contributed by atoms with Crippen molar-refractivity contribution >= 4 is 28.3 Å². The van der Waals surface area contributed by atoms with E-state index in [1.54, 1.807) is 30.9 Å². The van der Waals surface area contributed by atoms with E-state index in [1.807, 2.05) is 38.3 Å². The van der Waals surface area contributed by atoms with Crippen molar-refractivity contribution < 1.29 is 14.7 Å². The minimum Gasteiger partial charge on any atom is -0.394 e. The van der Waals surface area contributed by atoms with Crippen molar-refractivity contribution in [1.29, 1.82) is 0 Å². The van der Waals surface area contributed by atoms with Gasteiger partial charge in [-0.05, 0) is 31.9 Å². The predicted molar refractivity (Wildman–Crippen MR) is 127 cm³/mol. The van der Waals surface area contributed by atoms with E-state index in [1.165, 1.54) is 17.1 Å². The fourth-order valence-electron chi connectivity index (χ4n) is 3.62. The molecule has 0 aliphatic heterocycles. The van der Waals surface area contributed by atoms with Gasteiger partial charge in [-0.3, -0.25) is 19.6 Å². The lowest BCUT2D eigenvalue weighted by molar-refractivity contribution is -0.116. The molecule has 0 saturated carbocycles. The van der Waals surface area contributed by atoms with Gasteiger partial charge < -0.3 is 15.0 Å². The van der Waals surface area contributed by atoms with Gasteiger partial charge in [-0.15, -0.1) is 5.10 Å². The predicted octanol–water partition coefficient (Wildman–Crippen LogP) is 2.74. The van der Waals surface area contributed by atoms with E-state index >= 15 is 0 Å². The molecule has 4 aromatic heterocycles. The number of anilines is 1. The highest BCUT2D eigenvalue weighted by atomic mass is 16.3. The molecule has 0 aliphatic carbocycles. The molecule has 10 heteroatoms. The van der Waals surface area contributed by atoms with Gasteiger partial charge >= 0.3 is 0 Å². The lowest BCUT2D eigenvalue weighted by Gasteiger charge is -2.25. The highest BCUT2D eigenvalue weighted by Crippen LogP contribution is 2.29. The Kier molecular flexibility index (Phi) is 6.25. The van der Waals surface area contributed by atoms with Gasteiger partial charge in [0, 0.05) is 47.5 Å². The van der Waals surface area contributed by atoms with Crippen molar-refractivity contribution in [2.75, 3.05) is 11.9 Å². The second-order valence-corrected chi connectivity index (χ2v) is 9.11. The number of nitrogens with zero attached hydrogens (tertiary/aromatic N) is 6. The van der Waals surface area contributed by atoms with Gasteiger partial charge in [-0.1, -0.05) is 19.1 Å². The first-order valence-corrected chi connectivity index (χ1v) is 11.0.